The summed E-state index contributed by atoms with van der Waals surface area (Å²) >= 11 is 3.37. The lowest BCUT2D eigenvalue weighted by molar-refractivity contribution is -0.118. The van der Waals surface area contributed by atoms with Crippen molar-refractivity contribution in [3.8, 4) is 0 Å². The lowest BCUT2D eigenvalue weighted by Gasteiger charge is -2.30. The second kappa shape index (κ2) is 8.04. The van der Waals surface area contributed by atoms with E-state index in [0.717, 1.165) is 34.4 Å². The van der Waals surface area contributed by atoms with Crippen LogP contribution in [0.2, 0.25) is 0 Å². The van der Waals surface area contributed by atoms with Gasteiger partial charge in [-0.25, -0.2) is 0 Å². The van der Waals surface area contributed by atoms with E-state index in [1.54, 1.807) is 12.1 Å². The normalized spacial score (nSPS) is 13.7. The number of carbonyl (C=O) groups excluding carboxylic acids is 2. The molecule has 2 aromatic rings. The third-order valence-electron chi connectivity index (χ3n) is 4.57. The Balaban J connectivity index is 1.76. The summed E-state index contributed by atoms with van der Waals surface area (Å²) < 4.78 is 0.939. The van der Waals surface area contributed by atoms with Crippen LogP contribution in [0.5, 0.6) is 0 Å². The molecule has 1 aliphatic heterocycles. The van der Waals surface area contributed by atoms with Crippen molar-refractivity contribution in [3.63, 3.8) is 0 Å². The maximum Gasteiger partial charge on any atom is 0.255 e. The van der Waals surface area contributed by atoms with Gasteiger partial charge in [-0.2, -0.15) is 0 Å². The van der Waals surface area contributed by atoms with Gasteiger partial charge in [0.2, 0.25) is 5.91 Å². The molecule has 5 heteroatoms. The van der Waals surface area contributed by atoms with Crippen LogP contribution in [0.4, 0.5) is 11.4 Å². The largest absolute Gasteiger partial charge is 0.322 e. The number of halogens is 1. The first-order chi connectivity index (χ1) is 12.4. The lowest BCUT2D eigenvalue weighted by atomic mass is 9.99. The molecule has 0 atom stereocenters. The molecule has 0 bridgehead atoms. The Kier molecular flexibility index (Phi) is 5.77. The Morgan fingerprint density at radius 1 is 1.15 bits per heavy atom. The van der Waals surface area contributed by atoms with E-state index in [2.05, 4.69) is 35.1 Å². The molecule has 4 nitrogen and oxygen atoms in total. The van der Waals surface area contributed by atoms with Gasteiger partial charge in [0.15, 0.2) is 0 Å². The quantitative estimate of drug-likeness (QED) is 0.745. The predicted octanol–water partition coefficient (Wildman–Crippen LogP) is 5.03. The number of hydrogen-bond acceptors (Lipinski definition) is 2. The van der Waals surface area contributed by atoms with Crippen molar-refractivity contribution in [3.05, 3.63) is 58.1 Å². The van der Waals surface area contributed by atoms with Crippen molar-refractivity contribution in [2.75, 3.05) is 16.8 Å². The number of aryl methyl sites for hydroxylation is 1. The minimum atomic E-state index is -0.138. The molecule has 0 spiro atoms. The van der Waals surface area contributed by atoms with E-state index in [4.69, 9.17) is 0 Å². The predicted molar refractivity (Wildman–Crippen MR) is 109 cm³/mol. The number of hydrogen-bond donors (Lipinski definition) is 1. The molecule has 3 rings (SSSR count). The van der Waals surface area contributed by atoms with E-state index < -0.39 is 0 Å². The average molecular weight is 415 g/mol. The number of anilines is 2. The van der Waals surface area contributed by atoms with Crippen LogP contribution in [0.15, 0.2) is 46.9 Å². The van der Waals surface area contributed by atoms with Gasteiger partial charge in [-0.05, 0) is 66.8 Å². The number of benzene rings is 2. The zero-order valence-electron chi connectivity index (χ0n) is 15.1. The zero-order valence-corrected chi connectivity index (χ0v) is 16.7. The van der Waals surface area contributed by atoms with E-state index in [0.29, 0.717) is 24.3 Å². The summed E-state index contributed by atoms with van der Waals surface area (Å²) in [5, 5.41) is 2.95. The molecule has 1 heterocycles. The Bertz CT molecular complexity index is 815. The molecular formula is C21H23BrN2O2. The van der Waals surface area contributed by atoms with Crippen molar-refractivity contribution in [2.45, 2.75) is 33.1 Å². The molecular weight excluding hydrogens is 392 g/mol. The van der Waals surface area contributed by atoms with Gasteiger partial charge in [0, 0.05) is 34.4 Å². The molecule has 0 radical (unpaired) electrons. The number of rotatable bonds is 5. The molecule has 136 valence electrons. The van der Waals surface area contributed by atoms with Crippen molar-refractivity contribution >= 4 is 39.1 Å². The lowest BCUT2D eigenvalue weighted by Crippen LogP contribution is -2.36. The highest BCUT2D eigenvalue weighted by atomic mass is 79.9. The Morgan fingerprint density at radius 3 is 2.58 bits per heavy atom. The summed E-state index contributed by atoms with van der Waals surface area (Å²) in [6.07, 6.45) is 2.22. The topological polar surface area (TPSA) is 49.4 Å². The highest BCUT2D eigenvalue weighted by Crippen LogP contribution is 2.31. The number of carbonyl (C=O) groups is 2. The van der Waals surface area contributed by atoms with E-state index >= 15 is 0 Å². The van der Waals surface area contributed by atoms with E-state index in [-0.39, 0.29) is 11.8 Å². The van der Waals surface area contributed by atoms with Crippen LogP contribution in [0.1, 0.15) is 42.6 Å². The Hall–Kier alpha value is -2.14. The number of nitrogens with one attached hydrogen (secondary N) is 1. The third-order valence-corrected chi connectivity index (χ3v) is 5.10. The van der Waals surface area contributed by atoms with Crippen LogP contribution < -0.4 is 10.2 Å². The SMILES string of the molecule is CC(C)CCN1C(=O)CCc2cc(NC(=O)c3ccc(Br)cc3)ccc21. The standard InChI is InChI=1S/C21H23BrN2O2/c1-14(2)11-12-24-19-9-8-18(13-16(19)5-10-20(24)25)23-21(26)15-3-6-17(22)7-4-15/h3-4,6-9,13-14H,5,10-12H2,1-2H3,(H,23,26). The molecule has 0 aromatic heterocycles. The van der Waals surface area contributed by atoms with E-state index in [1.807, 2.05) is 35.2 Å². The smallest absolute Gasteiger partial charge is 0.255 e. The summed E-state index contributed by atoms with van der Waals surface area (Å²) in [6, 6.07) is 13.1. The van der Waals surface area contributed by atoms with Gasteiger partial charge in [0.1, 0.15) is 0 Å². The molecule has 1 N–H and O–H groups in total. The fraction of sp³-hybridized carbons (Fsp3) is 0.333. The highest BCUT2D eigenvalue weighted by Gasteiger charge is 2.24. The molecule has 1 aliphatic rings. The van der Waals surface area contributed by atoms with Crippen LogP contribution >= 0.6 is 15.9 Å². The van der Waals surface area contributed by atoms with Gasteiger partial charge in [-0.1, -0.05) is 29.8 Å². The molecule has 26 heavy (non-hydrogen) atoms. The van der Waals surface area contributed by atoms with Crippen LogP contribution in [-0.4, -0.2) is 18.4 Å². The minimum Gasteiger partial charge on any atom is -0.322 e. The first-order valence-electron chi connectivity index (χ1n) is 8.94. The number of fused-ring (bicyclic) bond motifs is 1. The molecule has 0 aliphatic carbocycles. The van der Waals surface area contributed by atoms with Gasteiger partial charge < -0.3 is 10.2 Å². The van der Waals surface area contributed by atoms with Gasteiger partial charge in [-0.15, -0.1) is 0 Å². The fourth-order valence-corrected chi connectivity index (χ4v) is 3.34. The summed E-state index contributed by atoms with van der Waals surface area (Å²) in [6.45, 7) is 5.07. The van der Waals surface area contributed by atoms with Crippen LogP contribution in [-0.2, 0) is 11.2 Å². The van der Waals surface area contributed by atoms with Crippen molar-refractivity contribution in [1.29, 1.82) is 0 Å². The monoisotopic (exact) mass is 414 g/mol. The summed E-state index contributed by atoms with van der Waals surface area (Å²) in [4.78, 5) is 26.6. The first-order valence-corrected chi connectivity index (χ1v) is 9.73. The first kappa shape index (κ1) is 18.6. The third kappa shape index (κ3) is 4.33. The van der Waals surface area contributed by atoms with Crippen LogP contribution in [0.3, 0.4) is 0 Å². The molecule has 2 amide bonds. The molecule has 0 saturated heterocycles. The van der Waals surface area contributed by atoms with Gasteiger partial charge in [0.05, 0.1) is 0 Å². The second-order valence-corrected chi connectivity index (χ2v) is 7.95. The summed E-state index contributed by atoms with van der Waals surface area (Å²) in [7, 11) is 0. The van der Waals surface area contributed by atoms with Crippen molar-refractivity contribution in [1.82, 2.24) is 0 Å². The molecule has 0 fully saturated rings. The fourth-order valence-electron chi connectivity index (χ4n) is 3.07. The highest BCUT2D eigenvalue weighted by molar-refractivity contribution is 9.10. The Labute approximate surface area is 162 Å². The number of nitrogens with zero attached hydrogens (tertiary/aromatic N) is 1. The minimum absolute atomic E-state index is 0.138. The zero-order chi connectivity index (χ0) is 18.7. The Morgan fingerprint density at radius 2 is 1.88 bits per heavy atom. The van der Waals surface area contributed by atoms with E-state index in [9.17, 15) is 9.59 Å². The number of amides is 2. The second-order valence-electron chi connectivity index (χ2n) is 7.03. The summed E-state index contributed by atoms with van der Waals surface area (Å²) in [5.74, 6) is 0.600. The van der Waals surface area contributed by atoms with Crippen molar-refractivity contribution in [2.24, 2.45) is 5.92 Å². The molecule has 2 aromatic carbocycles. The maximum absolute atomic E-state index is 12.4. The summed E-state index contributed by atoms with van der Waals surface area (Å²) in [5.41, 5.74) is 3.46. The van der Waals surface area contributed by atoms with Crippen molar-refractivity contribution < 1.29 is 9.59 Å². The van der Waals surface area contributed by atoms with Gasteiger partial charge >= 0.3 is 0 Å². The van der Waals surface area contributed by atoms with Crippen LogP contribution in [0.25, 0.3) is 0 Å². The van der Waals surface area contributed by atoms with Gasteiger partial charge in [-0.3, -0.25) is 9.59 Å². The molecule has 0 unspecified atom stereocenters. The maximum atomic E-state index is 12.4. The van der Waals surface area contributed by atoms with Gasteiger partial charge in [0.25, 0.3) is 5.91 Å². The van der Waals surface area contributed by atoms with Crippen LogP contribution in [0, 0.1) is 5.92 Å². The molecule has 0 saturated carbocycles. The average Bonchev–Trinajstić information content (AvgIpc) is 2.61. The van der Waals surface area contributed by atoms with E-state index in [1.165, 1.54) is 0 Å².